The summed E-state index contributed by atoms with van der Waals surface area (Å²) in [6.45, 7) is 0. The van der Waals surface area contributed by atoms with Crippen LogP contribution in [0.5, 0.6) is 11.6 Å². The lowest BCUT2D eigenvalue weighted by molar-refractivity contribution is -0.138. The molecule has 1 N–H and O–H groups in total. The van der Waals surface area contributed by atoms with E-state index in [9.17, 15) is 18.0 Å². The van der Waals surface area contributed by atoms with Crippen LogP contribution in [0.1, 0.15) is 11.1 Å². The fourth-order valence-corrected chi connectivity index (χ4v) is 1.58. The molecule has 0 aliphatic carbocycles. The number of rotatable bonds is 4. The SMILES string of the molecule is O=C(O)Cc1ccc(Oc2ccc(C(F)(F)F)cn2)cc1. The first-order chi connectivity index (χ1) is 9.84. The van der Waals surface area contributed by atoms with Gasteiger partial charge in [0.05, 0.1) is 12.0 Å². The largest absolute Gasteiger partial charge is 0.481 e. The van der Waals surface area contributed by atoms with Crippen LogP contribution in [0.4, 0.5) is 13.2 Å². The second kappa shape index (κ2) is 5.82. The number of nitrogens with zero attached hydrogens (tertiary/aromatic N) is 1. The molecule has 0 spiro atoms. The average Bonchev–Trinajstić information content (AvgIpc) is 2.40. The molecular weight excluding hydrogens is 287 g/mol. The Morgan fingerprint density at radius 1 is 1.14 bits per heavy atom. The fourth-order valence-electron chi connectivity index (χ4n) is 1.58. The van der Waals surface area contributed by atoms with Crippen molar-refractivity contribution < 1.29 is 27.8 Å². The summed E-state index contributed by atoms with van der Waals surface area (Å²) in [5.74, 6) is -0.571. The number of alkyl halides is 3. The summed E-state index contributed by atoms with van der Waals surface area (Å²) in [5.41, 5.74) is -0.262. The predicted octanol–water partition coefficient (Wildman–Crippen LogP) is 3.52. The van der Waals surface area contributed by atoms with E-state index < -0.39 is 17.7 Å². The van der Waals surface area contributed by atoms with Gasteiger partial charge in [0.1, 0.15) is 5.75 Å². The Hall–Kier alpha value is -2.57. The first-order valence-electron chi connectivity index (χ1n) is 5.86. The molecule has 1 aromatic heterocycles. The van der Waals surface area contributed by atoms with Crippen molar-refractivity contribution in [1.82, 2.24) is 4.98 Å². The topological polar surface area (TPSA) is 59.4 Å². The number of ether oxygens (including phenoxy) is 1. The zero-order valence-corrected chi connectivity index (χ0v) is 10.6. The summed E-state index contributed by atoms with van der Waals surface area (Å²) in [5, 5.41) is 8.63. The number of pyridine rings is 1. The van der Waals surface area contributed by atoms with Gasteiger partial charge in [-0.1, -0.05) is 12.1 Å². The van der Waals surface area contributed by atoms with E-state index >= 15 is 0 Å². The van der Waals surface area contributed by atoms with Gasteiger partial charge in [-0.2, -0.15) is 13.2 Å². The van der Waals surface area contributed by atoms with Gasteiger partial charge in [0.15, 0.2) is 0 Å². The number of benzene rings is 1. The lowest BCUT2D eigenvalue weighted by atomic mass is 10.1. The zero-order valence-electron chi connectivity index (χ0n) is 10.6. The maximum atomic E-state index is 12.4. The molecule has 0 aliphatic heterocycles. The van der Waals surface area contributed by atoms with Gasteiger partial charge in [-0.05, 0) is 23.8 Å². The lowest BCUT2D eigenvalue weighted by Crippen LogP contribution is -2.05. The van der Waals surface area contributed by atoms with Crippen LogP contribution in [0.15, 0.2) is 42.6 Å². The Morgan fingerprint density at radius 3 is 2.29 bits per heavy atom. The quantitative estimate of drug-likeness (QED) is 0.938. The Morgan fingerprint density at radius 2 is 1.81 bits per heavy atom. The molecule has 0 aliphatic rings. The monoisotopic (exact) mass is 297 g/mol. The van der Waals surface area contributed by atoms with Crippen molar-refractivity contribution >= 4 is 5.97 Å². The van der Waals surface area contributed by atoms with Crippen LogP contribution in [0, 0.1) is 0 Å². The van der Waals surface area contributed by atoms with Gasteiger partial charge in [0, 0.05) is 12.3 Å². The molecule has 1 aromatic carbocycles. The third-order valence-electron chi connectivity index (χ3n) is 2.56. The highest BCUT2D eigenvalue weighted by molar-refractivity contribution is 5.70. The summed E-state index contributed by atoms with van der Waals surface area (Å²) in [6.07, 6.45) is -3.86. The summed E-state index contributed by atoms with van der Waals surface area (Å²) in [4.78, 5) is 14.1. The first kappa shape index (κ1) is 14.8. The standard InChI is InChI=1S/C14H10F3NO3/c15-14(16,17)10-3-6-12(18-8-10)21-11-4-1-9(2-5-11)7-13(19)20/h1-6,8H,7H2,(H,19,20). The zero-order chi connectivity index (χ0) is 15.5. The van der Waals surface area contributed by atoms with Gasteiger partial charge in [-0.15, -0.1) is 0 Å². The van der Waals surface area contributed by atoms with E-state index in [2.05, 4.69) is 4.98 Å². The fraction of sp³-hybridized carbons (Fsp3) is 0.143. The van der Waals surface area contributed by atoms with Crippen molar-refractivity contribution in [3.63, 3.8) is 0 Å². The summed E-state index contributed by atoms with van der Waals surface area (Å²) >= 11 is 0. The van der Waals surface area contributed by atoms with Crippen LogP contribution < -0.4 is 4.74 Å². The minimum absolute atomic E-state index is 0.0222. The van der Waals surface area contributed by atoms with Gasteiger partial charge in [-0.3, -0.25) is 4.79 Å². The second-order valence-corrected chi connectivity index (χ2v) is 4.20. The molecule has 0 fully saturated rings. The van der Waals surface area contributed by atoms with Crippen molar-refractivity contribution in [1.29, 1.82) is 0 Å². The van der Waals surface area contributed by atoms with Crippen molar-refractivity contribution in [2.24, 2.45) is 0 Å². The lowest BCUT2D eigenvalue weighted by Gasteiger charge is -2.08. The van der Waals surface area contributed by atoms with Gasteiger partial charge >= 0.3 is 12.1 Å². The molecule has 7 heteroatoms. The Bertz CT molecular complexity index is 621. The highest BCUT2D eigenvalue weighted by Crippen LogP contribution is 2.30. The van der Waals surface area contributed by atoms with E-state index in [1.54, 1.807) is 12.1 Å². The second-order valence-electron chi connectivity index (χ2n) is 4.20. The minimum Gasteiger partial charge on any atom is -0.481 e. The van der Waals surface area contributed by atoms with Crippen LogP contribution in [-0.2, 0) is 17.4 Å². The number of hydrogen-bond donors (Lipinski definition) is 1. The molecule has 0 saturated carbocycles. The van der Waals surface area contributed by atoms with Crippen LogP contribution in [0.2, 0.25) is 0 Å². The number of halogens is 3. The van der Waals surface area contributed by atoms with Gasteiger partial charge in [0.2, 0.25) is 5.88 Å². The maximum absolute atomic E-state index is 12.4. The number of carbonyl (C=O) groups is 1. The summed E-state index contributed by atoms with van der Waals surface area (Å²) < 4.78 is 42.4. The van der Waals surface area contributed by atoms with Crippen molar-refractivity contribution in [2.75, 3.05) is 0 Å². The molecule has 0 bridgehead atoms. The van der Waals surface area contributed by atoms with E-state index in [0.29, 0.717) is 17.5 Å². The van der Waals surface area contributed by atoms with E-state index in [1.165, 1.54) is 12.1 Å². The van der Waals surface area contributed by atoms with Gasteiger partial charge in [0.25, 0.3) is 0 Å². The Kier molecular flexibility index (Phi) is 4.11. The molecule has 2 aromatic rings. The Balaban J connectivity index is 2.06. The molecule has 0 atom stereocenters. The number of aromatic nitrogens is 1. The van der Waals surface area contributed by atoms with Crippen LogP contribution in [0.3, 0.4) is 0 Å². The molecule has 0 unspecified atom stereocenters. The minimum atomic E-state index is -4.44. The van der Waals surface area contributed by atoms with Gasteiger partial charge < -0.3 is 9.84 Å². The molecule has 1 heterocycles. The number of hydrogen-bond acceptors (Lipinski definition) is 3. The van der Waals surface area contributed by atoms with Gasteiger partial charge in [-0.25, -0.2) is 4.98 Å². The van der Waals surface area contributed by atoms with Crippen LogP contribution >= 0.6 is 0 Å². The molecule has 21 heavy (non-hydrogen) atoms. The molecule has 4 nitrogen and oxygen atoms in total. The highest BCUT2D eigenvalue weighted by Gasteiger charge is 2.30. The summed E-state index contributed by atoms with van der Waals surface area (Å²) in [7, 11) is 0. The van der Waals surface area contributed by atoms with Crippen molar-refractivity contribution in [3.8, 4) is 11.6 Å². The van der Waals surface area contributed by atoms with Crippen molar-refractivity contribution in [3.05, 3.63) is 53.7 Å². The predicted molar refractivity (Wildman–Crippen MR) is 67.1 cm³/mol. The molecule has 0 amide bonds. The van der Waals surface area contributed by atoms with E-state index in [0.717, 1.165) is 12.1 Å². The molecular formula is C14H10F3NO3. The van der Waals surface area contributed by atoms with Crippen LogP contribution in [0.25, 0.3) is 0 Å². The molecule has 2 rings (SSSR count). The number of carboxylic acid groups (broad SMARTS) is 1. The average molecular weight is 297 g/mol. The van der Waals surface area contributed by atoms with Crippen LogP contribution in [-0.4, -0.2) is 16.1 Å². The Labute approximate surface area is 117 Å². The third kappa shape index (κ3) is 4.20. The highest BCUT2D eigenvalue weighted by atomic mass is 19.4. The van der Waals surface area contributed by atoms with Crippen molar-refractivity contribution in [2.45, 2.75) is 12.6 Å². The normalized spacial score (nSPS) is 11.2. The molecule has 0 saturated heterocycles. The smallest absolute Gasteiger partial charge is 0.417 e. The van der Waals surface area contributed by atoms with E-state index in [1.807, 2.05) is 0 Å². The molecule has 0 radical (unpaired) electrons. The summed E-state index contributed by atoms with van der Waals surface area (Å²) in [6, 6.07) is 8.17. The van der Waals surface area contributed by atoms with E-state index in [-0.39, 0.29) is 12.3 Å². The number of aliphatic carboxylic acids is 1. The first-order valence-corrected chi connectivity index (χ1v) is 5.86. The maximum Gasteiger partial charge on any atom is 0.417 e. The third-order valence-corrected chi connectivity index (χ3v) is 2.56. The number of carboxylic acids is 1. The molecule has 110 valence electrons. The van der Waals surface area contributed by atoms with E-state index in [4.69, 9.17) is 9.84 Å².